The van der Waals surface area contributed by atoms with E-state index in [0.29, 0.717) is 5.71 Å². The van der Waals surface area contributed by atoms with Crippen LogP contribution in [-0.2, 0) is 5.66 Å². The van der Waals surface area contributed by atoms with Gasteiger partial charge >= 0.3 is 0 Å². The highest BCUT2D eigenvalue weighted by molar-refractivity contribution is 6.14. The highest BCUT2D eigenvalue weighted by atomic mass is 15.1. The van der Waals surface area contributed by atoms with Crippen LogP contribution in [-0.4, -0.2) is 5.71 Å². The lowest BCUT2D eigenvalue weighted by atomic mass is 9.94. The van der Waals surface area contributed by atoms with Gasteiger partial charge < -0.3 is 10.7 Å². The first kappa shape index (κ1) is 10.1. The van der Waals surface area contributed by atoms with Crippen LogP contribution in [0.2, 0.25) is 0 Å². The molecule has 3 nitrogen and oxygen atoms in total. The van der Waals surface area contributed by atoms with E-state index in [-0.39, 0.29) is 0 Å². The van der Waals surface area contributed by atoms with Gasteiger partial charge in [-0.05, 0) is 11.6 Å². The molecule has 1 aliphatic rings. The molecule has 17 heavy (non-hydrogen) atoms. The monoisotopic (exact) mass is 223 g/mol. The van der Waals surface area contributed by atoms with Crippen LogP contribution in [0.1, 0.15) is 11.1 Å². The number of hydrogen-bond donors (Lipinski definition) is 3. The van der Waals surface area contributed by atoms with E-state index < -0.39 is 5.66 Å². The van der Waals surface area contributed by atoms with E-state index in [1.54, 1.807) is 0 Å². The SMILES string of the molecule is N=C1c2ccccc2NC1(N)c1ccccc1. The second kappa shape index (κ2) is 3.43. The molecule has 3 heteroatoms. The van der Waals surface area contributed by atoms with E-state index in [2.05, 4.69) is 5.32 Å². The minimum absolute atomic E-state index is 0.416. The molecule has 4 N–H and O–H groups in total. The van der Waals surface area contributed by atoms with Crippen molar-refractivity contribution in [3.05, 3.63) is 65.7 Å². The van der Waals surface area contributed by atoms with Crippen LogP contribution >= 0.6 is 0 Å². The maximum absolute atomic E-state index is 8.23. The van der Waals surface area contributed by atoms with E-state index >= 15 is 0 Å². The lowest BCUT2D eigenvalue weighted by molar-refractivity contribution is 0.708. The number of benzene rings is 2. The zero-order chi connectivity index (χ0) is 11.9. The summed E-state index contributed by atoms with van der Waals surface area (Å²) in [5.74, 6) is 0. The van der Waals surface area contributed by atoms with E-state index in [9.17, 15) is 0 Å². The Morgan fingerprint density at radius 2 is 1.59 bits per heavy atom. The fraction of sp³-hybridized carbons (Fsp3) is 0.0714. The van der Waals surface area contributed by atoms with Gasteiger partial charge in [0.1, 0.15) is 0 Å². The van der Waals surface area contributed by atoms with Gasteiger partial charge in [0, 0.05) is 11.3 Å². The van der Waals surface area contributed by atoms with Crippen molar-refractivity contribution in [3.8, 4) is 0 Å². The molecule has 0 spiro atoms. The molecule has 0 aliphatic carbocycles. The Bertz CT molecular complexity index is 577. The summed E-state index contributed by atoms with van der Waals surface area (Å²) in [5, 5.41) is 11.5. The first-order valence-electron chi connectivity index (χ1n) is 5.53. The molecule has 0 fully saturated rings. The average molecular weight is 223 g/mol. The fourth-order valence-electron chi connectivity index (χ4n) is 2.22. The van der Waals surface area contributed by atoms with E-state index in [4.69, 9.17) is 11.1 Å². The number of rotatable bonds is 1. The Hall–Kier alpha value is -2.13. The van der Waals surface area contributed by atoms with Crippen LogP contribution in [0, 0.1) is 5.41 Å². The van der Waals surface area contributed by atoms with Crippen molar-refractivity contribution in [1.82, 2.24) is 0 Å². The Kier molecular flexibility index (Phi) is 2.03. The molecule has 0 bridgehead atoms. The third-order valence-electron chi connectivity index (χ3n) is 3.15. The summed E-state index contributed by atoms with van der Waals surface area (Å²) >= 11 is 0. The molecule has 2 aromatic rings. The Morgan fingerprint density at radius 3 is 2.29 bits per heavy atom. The zero-order valence-electron chi connectivity index (χ0n) is 9.27. The standard InChI is InChI=1S/C14H13N3/c15-13-11-8-4-5-9-12(11)17-14(13,16)10-6-2-1-3-7-10/h1-9,15,17H,16H2. The predicted molar refractivity (Wildman–Crippen MR) is 69.2 cm³/mol. The van der Waals surface area contributed by atoms with Crippen molar-refractivity contribution in [1.29, 1.82) is 5.41 Å². The highest BCUT2D eigenvalue weighted by Gasteiger charge is 2.39. The van der Waals surface area contributed by atoms with Gasteiger partial charge in [0.05, 0.1) is 5.71 Å². The van der Waals surface area contributed by atoms with Crippen LogP contribution in [0.15, 0.2) is 54.6 Å². The van der Waals surface area contributed by atoms with Gasteiger partial charge in [-0.15, -0.1) is 0 Å². The molecule has 0 aromatic heterocycles. The summed E-state index contributed by atoms with van der Waals surface area (Å²) in [6.45, 7) is 0. The van der Waals surface area contributed by atoms with Gasteiger partial charge in [0.2, 0.25) is 0 Å². The van der Waals surface area contributed by atoms with Crippen LogP contribution in [0.25, 0.3) is 0 Å². The van der Waals surface area contributed by atoms with Gasteiger partial charge in [-0.2, -0.15) is 0 Å². The largest absolute Gasteiger partial charge is 0.358 e. The van der Waals surface area contributed by atoms with E-state index in [1.807, 2.05) is 54.6 Å². The van der Waals surface area contributed by atoms with Crippen molar-refractivity contribution < 1.29 is 0 Å². The van der Waals surface area contributed by atoms with Crippen LogP contribution in [0.5, 0.6) is 0 Å². The van der Waals surface area contributed by atoms with Crippen molar-refractivity contribution in [2.24, 2.45) is 5.73 Å². The first-order chi connectivity index (χ1) is 8.22. The molecular formula is C14H13N3. The summed E-state index contributed by atoms with van der Waals surface area (Å²) in [7, 11) is 0. The Labute approximate surface area is 99.8 Å². The molecule has 2 aromatic carbocycles. The van der Waals surface area contributed by atoms with Crippen molar-refractivity contribution in [2.75, 3.05) is 5.32 Å². The summed E-state index contributed by atoms with van der Waals surface area (Å²) in [6, 6.07) is 17.4. The second-order valence-electron chi connectivity index (χ2n) is 4.22. The van der Waals surface area contributed by atoms with E-state index in [1.165, 1.54) is 0 Å². The molecule has 0 saturated carbocycles. The molecule has 1 heterocycles. The molecule has 0 radical (unpaired) electrons. The number of nitrogens with two attached hydrogens (primary N) is 1. The number of nitrogens with one attached hydrogen (secondary N) is 2. The topological polar surface area (TPSA) is 61.9 Å². The number of fused-ring (bicyclic) bond motifs is 1. The molecule has 84 valence electrons. The summed E-state index contributed by atoms with van der Waals surface area (Å²) in [4.78, 5) is 0. The van der Waals surface area contributed by atoms with Crippen LogP contribution < -0.4 is 11.1 Å². The van der Waals surface area contributed by atoms with Crippen molar-refractivity contribution in [2.45, 2.75) is 5.66 Å². The van der Waals surface area contributed by atoms with E-state index in [0.717, 1.165) is 16.8 Å². The molecule has 0 amide bonds. The summed E-state index contributed by atoms with van der Waals surface area (Å²) in [5.41, 5.74) is 8.54. The summed E-state index contributed by atoms with van der Waals surface area (Å²) in [6.07, 6.45) is 0. The smallest absolute Gasteiger partial charge is 0.156 e. The zero-order valence-corrected chi connectivity index (χ0v) is 9.27. The fourth-order valence-corrected chi connectivity index (χ4v) is 2.22. The minimum Gasteiger partial charge on any atom is -0.358 e. The lowest BCUT2D eigenvalue weighted by Crippen LogP contribution is -2.47. The first-order valence-corrected chi connectivity index (χ1v) is 5.53. The molecular weight excluding hydrogens is 210 g/mol. The Balaban J connectivity index is 2.12. The molecule has 1 aliphatic heterocycles. The highest BCUT2D eigenvalue weighted by Crippen LogP contribution is 2.35. The normalized spacial score (nSPS) is 22.1. The molecule has 1 unspecified atom stereocenters. The van der Waals surface area contributed by atoms with Gasteiger partial charge in [0.25, 0.3) is 0 Å². The number of anilines is 1. The predicted octanol–water partition coefficient (Wildman–Crippen LogP) is 2.29. The average Bonchev–Trinajstić information content (AvgIpc) is 2.65. The van der Waals surface area contributed by atoms with Crippen LogP contribution in [0.4, 0.5) is 5.69 Å². The third kappa shape index (κ3) is 1.36. The van der Waals surface area contributed by atoms with Crippen LogP contribution in [0.3, 0.4) is 0 Å². The minimum atomic E-state index is -0.912. The summed E-state index contributed by atoms with van der Waals surface area (Å²) < 4.78 is 0. The lowest BCUT2D eigenvalue weighted by Gasteiger charge is -2.25. The quantitative estimate of drug-likeness (QED) is 0.694. The van der Waals surface area contributed by atoms with Gasteiger partial charge in [-0.1, -0.05) is 48.5 Å². The Morgan fingerprint density at radius 1 is 0.941 bits per heavy atom. The van der Waals surface area contributed by atoms with Gasteiger partial charge in [-0.3, -0.25) is 5.73 Å². The molecule has 0 saturated heterocycles. The maximum Gasteiger partial charge on any atom is 0.156 e. The maximum atomic E-state index is 8.23. The van der Waals surface area contributed by atoms with Gasteiger partial charge in [-0.25, -0.2) is 0 Å². The molecule has 1 atom stereocenters. The molecule has 3 rings (SSSR count). The van der Waals surface area contributed by atoms with Crippen molar-refractivity contribution >= 4 is 11.4 Å². The number of hydrogen-bond acceptors (Lipinski definition) is 3. The van der Waals surface area contributed by atoms with Crippen molar-refractivity contribution in [3.63, 3.8) is 0 Å². The second-order valence-corrected chi connectivity index (χ2v) is 4.22. The van der Waals surface area contributed by atoms with Gasteiger partial charge in [0.15, 0.2) is 5.66 Å². The number of para-hydroxylation sites is 1. The third-order valence-corrected chi connectivity index (χ3v) is 3.15.